The Kier molecular flexibility index (Phi) is 4.66. The second-order valence-electron chi connectivity index (χ2n) is 5.56. The van der Waals surface area contributed by atoms with E-state index in [9.17, 15) is 0 Å². The van der Waals surface area contributed by atoms with Crippen LogP contribution in [0, 0.1) is 0 Å². The van der Waals surface area contributed by atoms with Crippen LogP contribution in [0.2, 0.25) is 0 Å². The van der Waals surface area contributed by atoms with Gasteiger partial charge in [0.15, 0.2) is 11.5 Å². The number of fused-ring (bicyclic) bond motifs is 1. The Bertz CT molecular complexity index is 418. The van der Waals surface area contributed by atoms with Crippen molar-refractivity contribution in [3.8, 4) is 11.5 Å². The first-order chi connectivity index (χ1) is 9.13. The summed E-state index contributed by atoms with van der Waals surface area (Å²) >= 11 is 0. The van der Waals surface area contributed by atoms with E-state index in [1.807, 2.05) is 6.07 Å². The van der Waals surface area contributed by atoms with Crippen LogP contribution < -0.4 is 14.8 Å². The molecule has 0 atom stereocenters. The van der Waals surface area contributed by atoms with Crippen LogP contribution in [0.3, 0.4) is 0 Å². The van der Waals surface area contributed by atoms with Gasteiger partial charge in [0.1, 0.15) is 0 Å². The summed E-state index contributed by atoms with van der Waals surface area (Å²) in [5.74, 6) is 1.67. The van der Waals surface area contributed by atoms with Crippen molar-refractivity contribution in [2.45, 2.75) is 32.1 Å². The van der Waals surface area contributed by atoms with Crippen molar-refractivity contribution in [1.29, 1.82) is 0 Å². The molecule has 1 aliphatic heterocycles. The highest BCUT2D eigenvalue weighted by Gasteiger charge is 2.23. The van der Waals surface area contributed by atoms with Crippen LogP contribution in [-0.4, -0.2) is 31.6 Å². The Morgan fingerprint density at radius 1 is 1.21 bits per heavy atom. The van der Waals surface area contributed by atoms with Gasteiger partial charge in [-0.05, 0) is 37.1 Å². The normalized spacial score (nSPS) is 13.8. The van der Waals surface area contributed by atoms with Crippen LogP contribution in [0.1, 0.15) is 32.3 Å². The minimum atomic E-state index is 0.0419. The van der Waals surface area contributed by atoms with E-state index in [-0.39, 0.29) is 12.0 Å². The maximum atomic E-state index is 8.74. The lowest BCUT2D eigenvalue weighted by Gasteiger charge is -2.26. The molecule has 0 unspecified atom stereocenters. The third-order valence-corrected chi connectivity index (χ3v) is 3.48. The Morgan fingerprint density at radius 2 is 2.00 bits per heavy atom. The van der Waals surface area contributed by atoms with Crippen LogP contribution in [0.15, 0.2) is 18.2 Å². The summed E-state index contributed by atoms with van der Waals surface area (Å²) < 4.78 is 10.8. The number of aliphatic hydroxyl groups excluding tert-OH is 1. The maximum Gasteiger partial charge on any atom is 0.231 e. The van der Waals surface area contributed by atoms with E-state index >= 15 is 0 Å². The van der Waals surface area contributed by atoms with Crippen molar-refractivity contribution in [2.75, 3.05) is 26.5 Å². The molecule has 1 heterocycles. The van der Waals surface area contributed by atoms with Crippen LogP contribution in [0.5, 0.6) is 11.5 Å². The van der Waals surface area contributed by atoms with Crippen LogP contribution >= 0.6 is 0 Å². The van der Waals surface area contributed by atoms with Crippen LogP contribution in [0.4, 0.5) is 0 Å². The summed E-state index contributed by atoms with van der Waals surface area (Å²) in [4.78, 5) is 0. The van der Waals surface area contributed by atoms with Crippen molar-refractivity contribution in [2.24, 2.45) is 0 Å². The number of rotatable bonds is 7. The smallest absolute Gasteiger partial charge is 0.231 e. The van der Waals surface area contributed by atoms with Gasteiger partial charge in [-0.2, -0.15) is 0 Å². The van der Waals surface area contributed by atoms with E-state index in [1.165, 1.54) is 5.56 Å². The van der Waals surface area contributed by atoms with Gasteiger partial charge in [0, 0.05) is 18.6 Å². The largest absolute Gasteiger partial charge is 0.454 e. The molecule has 4 nitrogen and oxygen atoms in total. The fourth-order valence-electron chi connectivity index (χ4n) is 2.18. The van der Waals surface area contributed by atoms with Gasteiger partial charge in [0.05, 0.1) is 0 Å². The summed E-state index contributed by atoms with van der Waals surface area (Å²) in [5.41, 5.74) is 1.28. The predicted octanol–water partition coefficient (Wildman–Crippen LogP) is 2.05. The number of ether oxygens (including phenoxy) is 2. The Morgan fingerprint density at radius 3 is 2.79 bits per heavy atom. The first kappa shape index (κ1) is 14.2. The van der Waals surface area contributed by atoms with Gasteiger partial charge in [0.2, 0.25) is 6.79 Å². The molecule has 0 saturated heterocycles. The molecule has 0 aromatic heterocycles. The molecule has 0 radical (unpaired) electrons. The van der Waals surface area contributed by atoms with Crippen molar-refractivity contribution >= 4 is 0 Å². The fourth-order valence-corrected chi connectivity index (χ4v) is 2.18. The Hall–Kier alpha value is -1.26. The van der Waals surface area contributed by atoms with Crippen LogP contribution in [0.25, 0.3) is 0 Å². The van der Waals surface area contributed by atoms with E-state index < -0.39 is 0 Å². The summed E-state index contributed by atoms with van der Waals surface area (Å²) in [7, 11) is 0. The highest BCUT2D eigenvalue weighted by molar-refractivity contribution is 5.46. The van der Waals surface area contributed by atoms with E-state index in [1.54, 1.807) is 0 Å². The number of aliphatic hydroxyl groups is 1. The number of hydrogen-bond acceptors (Lipinski definition) is 4. The second kappa shape index (κ2) is 6.26. The predicted molar refractivity (Wildman–Crippen MR) is 74.8 cm³/mol. The van der Waals surface area contributed by atoms with Crippen molar-refractivity contribution in [3.05, 3.63) is 23.8 Å². The lowest BCUT2D eigenvalue weighted by atomic mass is 9.84. The lowest BCUT2D eigenvalue weighted by molar-refractivity contribution is 0.174. The van der Waals surface area contributed by atoms with Gasteiger partial charge in [-0.15, -0.1) is 0 Å². The number of hydrogen-bond donors (Lipinski definition) is 2. The zero-order valence-corrected chi connectivity index (χ0v) is 11.7. The second-order valence-corrected chi connectivity index (χ2v) is 5.56. The molecule has 4 heteroatoms. The molecule has 0 fully saturated rings. The van der Waals surface area contributed by atoms with E-state index in [4.69, 9.17) is 14.6 Å². The number of nitrogens with one attached hydrogen (secondary N) is 1. The molecule has 1 aromatic rings. The molecule has 0 saturated carbocycles. The molecule has 0 spiro atoms. The standard InChI is InChI=1S/C15H23NO3/c1-15(2,10-16-7-3-4-8-17)12-5-6-13-14(9-12)19-11-18-13/h5-6,9,16-17H,3-4,7-8,10-11H2,1-2H3. The average Bonchev–Trinajstić information content (AvgIpc) is 2.85. The molecule has 0 bridgehead atoms. The molecule has 19 heavy (non-hydrogen) atoms. The SMILES string of the molecule is CC(C)(CNCCCCO)c1ccc2c(c1)OCO2. The molecular formula is C15H23NO3. The highest BCUT2D eigenvalue weighted by Crippen LogP contribution is 2.36. The van der Waals surface area contributed by atoms with Crippen molar-refractivity contribution < 1.29 is 14.6 Å². The van der Waals surface area contributed by atoms with Gasteiger partial charge in [-0.1, -0.05) is 19.9 Å². The van der Waals surface area contributed by atoms with Crippen molar-refractivity contribution in [1.82, 2.24) is 5.32 Å². The molecule has 0 amide bonds. The molecule has 1 aromatic carbocycles. The van der Waals surface area contributed by atoms with Crippen LogP contribution in [-0.2, 0) is 5.41 Å². The minimum absolute atomic E-state index is 0.0419. The average molecular weight is 265 g/mol. The van der Waals surface area contributed by atoms with E-state index in [0.717, 1.165) is 37.4 Å². The molecule has 2 rings (SSSR count). The lowest BCUT2D eigenvalue weighted by Crippen LogP contribution is -2.33. The quantitative estimate of drug-likeness (QED) is 0.741. The Labute approximate surface area is 114 Å². The third-order valence-electron chi connectivity index (χ3n) is 3.48. The first-order valence-corrected chi connectivity index (χ1v) is 6.85. The summed E-state index contributed by atoms with van der Waals surface area (Å²) in [6.07, 6.45) is 1.87. The molecular weight excluding hydrogens is 242 g/mol. The summed E-state index contributed by atoms with van der Waals surface area (Å²) in [6.45, 7) is 6.85. The molecule has 106 valence electrons. The minimum Gasteiger partial charge on any atom is -0.454 e. The van der Waals surface area contributed by atoms with Gasteiger partial charge in [0.25, 0.3) is 0 Å². The summed E-state index contributed by atoms with van der Waals surface area (Å²) in [6, 6.07) is 6.14. The first-order valence-electron chi connectivity index (χ1n) is 6.85. The highest BCUT2D eigenvalue weighted by atomic mass is 16.7. The number of unbranched alkanes of at least 4 members (excludes halogenated alkanes) is 1. The van der Waals surface area contributed by atoms with Crippen molar-refractivity contribution in [3.63, 3.8) is 0 Å². The summed E-state index contributed by atoms with van der Waals surface area (Å²) in [5, 5.41) is 12.2. The zero-order chi connectivity index (χ0) is 13.7. The van der Waals surface area contributed by atoms with Gasteiger partial charge in [-0.3, -0.25) is 0 Å². The number of benzene rings is 1. The van der Waals surface area contributed by atoms with Gasteiger partial charge < -0.3 is 19.9 Å². The Balaban J connectivity index is 1.91. The van der Waals surface area contributed by atoms with E-state index in [2.05, 4.69) is 31.3 Å². The maximum absolute atomic E-state index is 8.74. The topological polar surface area (TPSA) is 50.7 Å². The monoisotopic (exact) mass is 265 g/mol. The molecule has 1 aliphatic rings. The molecule has 2 N–H and O–H groups in total. The van der Waals surface area contributed by atoms with Gasteiger partial charge in [-0.25, -0.2) is 0 Å². The third kappa shape index (κ3) is 3.61. The van der Waals surface area contributed by atoms with E-state index in [0.29, 0.717) is 6.79 Å². The zero-order valence-electron chi connectivity index (χ0n) is 11.7. The van der Waals surface area contributed by atoms with Gasteiger partial charge >= 0.3 is 0 Å². The fraction of sp³-hybridized carbons (Fsp3) is 0.600. The molecule has 0 aliphatic carbocycles.